The molecular formula is C16H16ClNOS. The van der Waals surface area contributed by atoms with Gasteiger partial charge >= 0.3 is 0 Å². The number of hydrogen-bond donors (Lipinski definition) is 0. The second kappa shape index (κ2) is 4.90. The van der Waals surface area contributed by atoms with E-state index in [1.807, 2.05) is 19.2 Å². The minimum Gasteiger partial charge on any atom is -0.315 e. The Kier molecular flexibility index (Phi) is 3.35. The highest BCUT2D eigenvalue weighted by Crippen LogP contribution is 2.38. The zero-order valence-electron chi connectivity index (χ0n) is 11.7. The zero-order chi connectivity index (χ0) is 14.4. The first-order chi connectivity index (χ1) is 9.47. The Balaban J connectivity index is 1.96. The van der Waals surface area contributed by atoms with E-state index < -0.39 is 0 Å². The molecule has 1 atom stereocenters. The van der Waals surface area contributed by atoms with Crippen LogP contribution in [0.25, 0.3) is 0 Å². The van der Waals surface area contributed by atoms with Crippen LogP contribution in [0, 0.1) is 13.8 Å². The van der Waals surface area contributed by atoms with Crippen LogP contribution in [0.1, 0.15) is 31.8 Å². The van der Waals surface area contributed by atoms with E-state index in [0.29, 0.717) is 6.42 Å². The third kappa shape index (κ3) is 2.15. The fourth-order valence-corrected chi connectivity index (χ4v) is 3.92. The van der Waals surface area contributed by atoms with E-state index in [4.69, 9.17) is 11.6 Å². The molecular weight excluding hydrogens is 290 g/mol. The minimum absolute atomic E-state index is 0.140. The predicted molar refractivity (Wildman–Crippen MR) is 85.0 cm³/mol. The zero-order valence-corrected chi connectivity index (χ0v) is 13.3. The van der Waals surface area contributed by atoms with Gasteiger partial charge in [0.2, 0.25) is 5.91 Å². The first-order valence-corrected chi connectivity index (χ1v) is 7.83. The average Bonchev–Trinajstić information content (AvgIpc) is 2.90. The fraction of sp³-hybridized carbons (Fsp3) is 0.312. The van der Waals surface area contributed by atoms with Gasteiger partial charge < -0.3 is 4.90 Å². The molecule has 2 aromatic rings. The van der Waals surface area contributed by atoms with Crippen molar-refractivity contribution in [3.63, 3.8) is 0 Å². The summed E-state index contributed by atoms with van der Waals surface area (Å²) in [6, 6.07) is 8.25. The van der Waals surface area contributed by atoms with Crippen LogP contribution in [-0.4, -0.2) is 13.0 Å². The number of fused-ring (bicyclic) bond motifs is 1. The van der Waals surface area contributed by atoms with Gasteiger partial charge in [-0.25, -0.2) is 0 Å². The molecule has 0 aliphatic carbocycles. The van der Waals surface area contributed by atoms with Gasteiger partial charge in [-0.15, -0.1) is 22.9 Å². The van der Waals surface area contributed by atoms with Gasteiger partial charge in [0.15, 0.2) is 0 Å². The Hall–Kier alpha value is -1.32. The summed E-state index contributed by atoms with van der Waals surface area (Å²) in [6.07, 6.45) is 0.478. The third-order valence-electron chi connectivity index (χ3n) is 3.91. The van der Waals surface area contributed by atoms with Crippen molar-refractivity contribution in [1.29, 1.82) is 0 Å². The van der Waals surface area contributed by atoms with Crippen LogP contribution in [0.5, 0.6) is 0 Å². The molecule has 1 aliphatic heterocycles. The molecule has 0 N–H and O–H groups in total. The smallest absolute Gasteiger partial charge is 0.231 e. The first kappa shape index (κ1) is 13.7. The van der Waals surface area contributed by atoms with E-state index >= 15 is 0 Å². The number of benzene rings is 1. The molecule has 4 heteroatoms. The molecule has 1 unspecified atom stereocenters. The molecule has 0 saturated heterocycles. The second-order valence-corrected chi connectivity index (χ2v) is 6.99. The highest BCUT2D eigenvalue weighted by atomic mass is 35.5. The Labute approximate surface area is 128 Å². The van der Waals surface area contributed by atoms with Crippen LogP contribution in [0.3, 0.4) is 0 Å². The molecule has 2 heterocycles. The number of likely N-dealkylation sites (N-methyl/N-ethyl adjacent to an activating group) is 1. The van der Waals surface area contributed by atoms with Gasteiger partial charge in [-0.05, 0) is 42.7 Å². The van der Waals surface area contributed by atoms with Crippen LogP contribution in [0.15, 0.2) is 24.3 Å². The number of amides is 1. The van der Waals surface area contributed by atoms with Crippen molar-refractivity contribution in [3.05, 3.63) is 50.7 Å². The van der Waals surface area contributed by atoms with Crippen LogP contribution in [-0.2, 0) is 11.2 Å². The Morgan fingerprint density at radius 3 is 2.70 bits per heavy atom. The lowest BCUT2D eigenvalue weighted by Crippen LogP contribution is -2.20. The van der Waals surface area contributed by atoms with Crippen LogP contribution in [0.2, 0.25) is 0 Å². The normalized spacial score (nSPS) is 15.6. The summed E-state index contributed by atoms with van der Waals surface area (Å²) in [5.74, 6) is 0.145. The molecule has 0 radical (unpaired) electrons. The van der Waals surface area contributed by atoms with Crippen molar-refractivity contribution >= 4 is 34.5 Å². The first-order valence-electron chi connectivity index (χ1n) is 6.57. The molecule has 3 rings (SSSR count). The van der Waals surface area contributed by atoms with Crippen molar-refractivity contribution in [2.75, 3.05) is 11.9 Å². The summed E-state index contributed by atoms with van der Waals surface area (Å²) < 4.78 is 0. The maximum atomic E-state index is 11.7. The topological polar surface area (TPSA) is 20.3 Å². The lowest BCUT2D eigenvalue weighted by Gasteiger charge is -2.12. The average molecular weight is 306 g/mol. The van der Waals surface area contributed by atoms with Crippen molar-refractivity contribution in [2.45, 2.75) is 25.6 Å². The summed E-state index contributed by atoms with van der Waals surface area (Å²) in [7, 11) is 1.82. The standard InChI is InChI=1S/C16H16ClNOS/c1-9-6-14(20-10(9)2)16(17)11-4-5-13-12(7-11)8-15(19)18(13)3/h4-7,16H,8H2,1-3H3. The maximum absolute atomic E-state index is 11.7. The number of carbonyl (C=O) groups is 1. The number of halogens is 1. The summed E-state index contributed by atoms with van der Waals surface area (Å²) in [6.45, 7) is 4.22. The largest absolute Gasteiger partial charge is 0.315 e. The SMILES string of the molecule is Cc1cc(C(Cl)c2ccc3c(c2)CC(=O)N3C)sc1C. The van der Waals surface area contributed by atoms with Gasteiger partial charge in [0, 0.05) is 22.5 Å². The van der Waals surface area contributed by atoms with Gasteiger partial charge in [-0.1, -0.05) is 12.1 Å². The quantitative estimate of drug-likeness (QED) is 0.761. The van der Waals surface area contributed by atoms with Gasteiger partial charge in [-0.2, -0.15) is 0 Å². The van der Waals surface area contributed by atoms with Crippen molar-refractivity contribution in [2.24, 2.45) is 0 Å². The van der Waals surface area contributed by atoms with E-state index in [0.717, 1.165) is 16.8 Å². The molecule has 0 saturated carbocycles. The van der Waals surface area contributed by atoms with E-state index in [1.54, 1.807) is 16.2 Å². The number of thiophene rings is 1. The van der Waals surface area contributed by atoms with Gasteiger partial charge in [0.25, 0.3) is 0 Å². The summed E-state index contributed by atoms with van der Waals surface area (Å²) in [4.78, 5) is 15.9. The van der Waals surface area contributed by atoms with E-state index in [1.165, 1.54) is 15.3 Å². The van der Waals surface area contributed by atoms with E-state index in [2.05, 4.69) is 26.0 Å². The predicted octanol–water partition coefficient (Wildman–Crippen LogP) is 4.21. The van der Waals surface area contributed by atoms with Crippen LogP contribution >= 0.6 is 22.9 Å². The molecule has 2 nitrogen and oxygen atoms in total. The van der Waals surface area contributed by atoms with Crippen molar-refractivity contribution in [1.82, 2.24) is 0 Å². The van der Waals surface area contributed by atoms with Crippen LogP contribution in [0.4, 0.5) is 5.69 Å². The van der Waals surface area contributed by atoms with E-state index in [9.17, 15) is 4.79 Å². The van der Waals surface area contributed by atoms with Gasteiger partial charge in [0.1, 0.15) is 0 Å². The van der Waals surface area contributed by atoms with E-state index in [-0.39, 0.29) is 11.3 Å². The summed E-state index contributed by atoms with van der Waals surface area (Å²) in [5.41, 5.74) is 4.42. The minimum atomic E-state index is -0.140. The lowest BCUT2D eigenvalue weighted by atomic mass is 10.0. The molecule has 0 fully saturated rings. The molecule has 1 aromatic carbocycles. The fourth-order valence-electron chi connectivity index (χ4n) is 2.54. The molecule has 104 valence electrons. The van der Waals surface area contributed by atoms with Crippen LogP contribution < -0.4 is 4.90 Å². The Morgan fingerprint density at radius 1 is 1.30 bits per heavy atom. The number of nitrogens with zero attached hydrogens (tertiary/aromatic N) is 1. The summed E-state index contributed by atoms with van der Waals surface area (Å²) in [5, 5.41) is -0.140. The van der Waals surface area contributed by atoms with Gasteiger partial charge in [0.05, 0.1) is 11.8 Å². The number of anilines is 1. The number of aryl methyl sites for hydroxylation is 2. The highest BCUT2D eigenvalue weighted by molar-refractivity contribution is 7.12. The number of hydrogen-bond acceptors (Lipinski definition) is 2. The number of rotatable bonds is 2. The molecule has 0 bridgehead atoms. The lowest BCUT2D eigenvalue weighted by molar-refractivity contribution is -0.117. The van der Waals surface area contributed by atoms with Crippen molar-refractivity contribution in [3.8, 4) is 0 Å². The Bertz CT molecular complexity index is 672. The molecule has 1 aliphatic rings. The maximum Gasteiger partial charge on any atom is 0.231 e. The second-order valence-electron chi connectivity index (χ2n) is 5.27. The van der Waals surface area contributed by atoms with Crippen molar-refractivity contribution < 1.29 is 4.79 Å². The number of alkyl halides is 1. The molecule has 0 spiro atoms. The number of carbonyl (C=O) groups excluding carboxylic acids is 1. The molecule has 1 amide bonds. The molecule has 1 aromatic heterocycles. The monoisotopic (exact) mass is 305 g/mol. The Morgan fingerprint density at radius 2 is 2.05 bits per heavy atom. The third-order valence-corrected chi connectivity index (χ3v) is 5.74. The molecule has 20 heavy (non-hydrogen) atoms. The van der Waals surface area contributed by atoms with Gasteiger partial charge in [-0.3, -0.25) is 4.79 Å². The highest BCUT2D eigenvalue weighted by Gasteiger charge is 2.25. The summed E-state index contributed by atoms with van der Waals surface area (Å²) >= 11 is 8.35.